The van der Waals surface area contributed by atoms with Gasteiger partial charge in [0.15, 0.2) is 0 Å². The Morgan fingerprint density at radius 3 is 2.67 bits per heavy atom. The SMILES string of the molecule is C=C1c2ccccc2C(=O)N1CC(=O)NCC1(N2CCOCC2)CCSC1. The second-order valence-electron chi connectivity index (χ2n) is 7.29. The summed E-state index contributed by atoms with van der Waals surface area (Å²) in [5, 5.41) is 3.09. The van der Waals surface area contributed by atoms with Crippen LogP contribution in [0.2, 0.25) is 0 Å². The molecule has 3 aliphatic rings. The van der Waals surface area contributed by atoms with Crippen LogP contribution in [0.15, 0.2) is 30.8 Å². The normalized spacial score (nSPS) is 25.7. The van der Waals surface area contributed by atoms with E-state index in [1.54, 1.807) is 6.07 Å². The highest BCUT2D eigenvalue weighted by atomic mass is 32.2. The maximum atomic E-state index is 12.6. The lowest BCUT2D eigenvalue weighted by Gasteiger charge is -2.43. The van der Waals surface area contributed by atoms with Gasteiger partial charge in [-0.25, -0.2) is 0 Å². The number of hydrogen-bond donors (Lipinski definition) is 1. The van der Waals surface area contributed by atoms with E-state index in [4.69, 9.17) is 4.74 Å². The van der Waals surface area contributed by atoms with Gasteiger partial charge in [-0.1, -0.05) is 24.8 Å². The van der Waals surface area contributed by atoms with Gasteiger partial charge in [0.05, 0.1) is 13.2 Å². The second kappa shape index (κ2) is 7.66. The Bertz CT molecular complexity index is 720. The molecular weight excluding hydrogens is 362 g/mol. The van der Waals surface area contributed by atoms with Crippen LogP contribution in [0.1, 0.15) is 22.3 Å². The van der Waals surface area contributed by atoms with Gasteiger partial charge in [-0.2, -0.15) is 11.8 Å². The summed E-state index contributed by atoms with van der Waals surface area (Å²) in [7, 11) is 0. The summed E-state index contributed by atoms with van der Waals surface area (Å²) in [5.74, 6) is 1.85. The first kappa shape index (κ1) is 18.5. The van der Waals surface area contributed by atoms with Gasteiger partial charge >= 0.3 is 0 Å². The molecule has 2 saturated heterocycles. The van der Waals surface area contributed by atoms with Crippen molar-refractivity contribution in [2.45, 2.75) is 12.0 Å². The van der Waals surface area contributed by atoms with Gasteiger partial charge in [0, 0.05) is 47.7 Å². The molecule has 3 aliphatic heterocycles. The monoisotopic (exact) mass is 387 g/mol. The maximum absolute atomic E-state index is 12.6. The zero-order chi connectivity index (χ0) is 18.9. The fourth-order valence-corrected chi connectivity index (χ4v) is 5.58. The average molecular weight is 388 g/mol. The number of carbonyl (C=O) groups excluding carboxylic acids is 2. The van der Waals surface area contributed by atoms with Crippen molar-refractivity contribution < 1.29 is 14.3 Å². The van der Waals surface area contributed by atoms with E-state index in [1.165, 1.54) is 4.90 Å². The number of carbonyl (C=O) groups is 2. The fraction of sp³-hybridized carbons (Fsp3) is 0.500. The van der Waals surface area contributed by atoms with Crippen molar-refractivity contribution >= 4 is 29.3 Å². The first-order valence-corrected chi connectivity index (χ1v) is 10.5. The van der Waals surface area contributed by atoms with Crippen LogP contribution < -0.4 is 5.32 Å². The molecular formula is C20H25N3O3S. The lowest BCUT2D eigenvalue weighted by molar-refractivity contribution is -0.122. The molecule has 0 bridgehead atoms. The van der Waals surface area contributed by atoms with Crippen LogP contribution >= 0.6 is 11.8 Å². The molecule has 0 aliphatic carbocycles. The quantitative estimate of drug-likeness (QED) is 0.828. The molecule has 1 N–H and O–H groups in total. The number of thioether (sulfide) groups is 1. The zero-order valence-electron chi connectivity index (χ0n) is 15.4. The molecule has 1 unspecified atom stereocenters. The average Bonchev–Trinajstić information content (AvgIpc) is 3.28. The van der Waals surface area contributed by atoms with Crippen LogP contribution in [0.25, 0.3) is 5.70 Å². The summed E-state index contributed by atoms with van der Waals surface area (Å²) < 4.78 is 5.48. The van der Waals surface area contributed by atoms with Crippen LogP contribution in [0.3, 0.4) is 0 Å². The largest absolute Gasteiger partial charge is 0.379 e. The topological polar surface area (TPSA) is 61.9 Å². The molecule has 2 amide bonds. The van der Waals surface area contributed by atoms with Gasteiger partial charge in [0.25, 0.3) is 5.91 Å². The van der Waals surface area contributed by atoms with E-state index in [9.17, 15) is 9.59 Å². The highest BCUT2D eigenvalue weighted by molar-refractivity contribution is 7.99. The highest BCUT2D eigenvalue weighted by Gasteiger charge is 2.41. The van der Waals surface area contributed by atoms with Crippen LogP contribution in [0, 0.1) is 0 Å². The lowest BCUT2D eigenvalue weighted by atomic mass is 9.95. The van der Waals surface area contributed by atoms with E-state index in [1.807, 2.05) is 30.0 Å². The number of morpholine rings is 1. The van der Waals surface area contributed by atoms with Crippen molar-refractivity contribution in [3.05, 3.63) is 42.0 Å². The molecule has 27 heavy (non-hydrogen) atoms. The molecule has 1 atom stereocenters. The first-order chi connectivity index (χ1) is 13.1. The summed E-state index contributed by atoms with van der Waals surface area (Å²) in [6.07, 6.45) is 1.07. The Balaban J connectivity index is 1.38. The van der Waals surface area contributed by atoms with Crippen LogP contribution in [0.4, 0.5) is 0 Å². The molecule has 1 aromatic carbocycles. The number of nitrogens with zero attached hydrogens (tertiary/aromatic N) is 2. The van der Waals surface area contributed by atoms with E-state index < -0.39 is 0 Å². The van der Waals surface area contributed by atoms with Crippen molar-refractivity contribution in [1.82, 2.24) is 15.1 Å². The number of benzene rings is 1. The second-order valence-corrected chi connectivity index (χ2v) is 8.39. The van der Waals surface area contributed by atoms with E-state index in [0.717, 1.165) is 49.8 Å². The van der Waals surface area contributed by atoms with Gasteiger partial charge in [0.2, 0.25) is 5.91 Å². The Morgan fingerprint density at radius 2 is 2.00 bits per heavy atom. The van der Waals surface area contributed by atoms with Gasteiger partial charge < -0.3 is 10.1 Å². The number of nitrogens with one attached hydrogen (secondary N) is 1. The van der Waals surface area contributed by atoms with E-state index in [-0.39, 0.29) is 23.9 Å². The number of ether oxygens (including phenoxy) is 1. The van der Waals surface area contributed by atoms with Crippen molar-refractivity contribution in [2.24, 2.45) is 0 Å². The Morgan fingerprint density at radius 1 is 1.26 bits per heavy atom. The molecule has 6 nitrogen and oxygen atoms in total. The molecule has 7 heteroatoms. The van der Waals surface area contributed by atoms with Crippen molar-refractivity contribution in [2.75, 3.05) is 50.9 Å². The first-order valence-electron chi connectivity index (χ1n) is 9.38. The minimum atomic E-state index is -0.148. The molecule has 3 heterocycles. The molecule has 4 rings (SSSR count). The Kier molecular flexibility index (Phi) is 5.25. The fourth-order valence-electron chi connectivity index (χ4n) is 4.10. The summed E-state index contributed by atoms with van der Waals surface area (Å²) >= 11 is 1.94. The summed E-state index contributed by atoms with van der Waals surface area (Å²) in [4.78, 5) is 29.1. The standard InChI is InChI=1S/C20H25N3O3S/c1-15-16-4-2-3-5-17(16)19(25)23(15)12-18(24)21-13-20(6-11-27-14-20)22-7-9-26-10-8-22/h2-5H,1,6-14H2,(H,21,24). The number of amides is 2. The minimum absolute atomic E-state index is 0.000896. The molecule has 0 aromatic heterocycles. The summed E-state index contributed by atoms with van der Waals surface area (Å²) in [6, 6.07) is 7.36. The third-order valence-electron chi connectivity index (χ3n) is 5.72. The molecule has 0 saturated carbocycles. The lowest BCUT2D eigenvalue weighted by Crippen LogP contribution is -2.59. The zero-order valence-corrected chi connectivity index (χ0v) is 16.2. The van der Waals surface area contributed by atoms with Crippen molar-refractivity contribution in [3.63, 3.8) is 0 Å². The predicted octanol–water partition coefficient (Wildman–Crippen LogP) is 1.44. The van der Waals surface area contributed by atoms with E-state index in [2.05, 4.69) is 16.8 Å². The van der Waals surface area contributed by atoms with Crippen molar-refractivity contribution in [1.29, 1.82) is 0 Å². The minimum Gasteiger partial charge on any atom is -0.379 e. The van der Waals surface area contributed by atoms with E-state index >= 15 is 0 Å². The van der Waals surface area contributed by atoms with E-state index in [0.29, 0.717) is 17.8 Å². The van der Waals surface area contributed by atoms with Gasteiger partial charge in [-0.15, -0.1) is 0 Å². The highest BCUT2D eigenvalue weighted by Crippen LogP contribution is 2.34. The van der Waals surface area contributed by atoms with Crippen LogP contribution in [-0.4, -0.2) is 78.1 Å². The van der Waals surface area contributed by atoms with Gasteiger partial charge in [-0.3, -0.25) is 19.4 Å². The summed E-state index contributed by atoms with van der Waals surface area (Å²) in [5.41, 5.74) is 2.03. The number of hydrogen-bond acceptors (Lipinski definition) is 5. The Labute approximate surface area is 163 Å². The number of fused-ring (bicyclic) bond motifs is 1. The third-order valence-corrected chi connectivity index (χ3v) is 6.95. The van der Waals surface area contributed by atoms with Gasteiger partial charge in [-0.05, 0) is 18.2 Å². The molecule has 1 aromatic rings. The maximum Gasteiger partial charge on any atom is 0.259 e. The predicted molar refractivity (Wildman–Crippen MR) is 107 cm³/mol. The third kappa shape index (κ3) is 3.51. The van der Waals surface area contributed by atoms with Crippen LogP contribution in [-0.2, 0) is 9.53 Å². The van der Waals surface area contributed by atoms with Crippen molar-refractivity contribution in [3.8, 4) is 0 Å². The van der Waals surface area contributed by atoms with Gasteiger partial charge in [0.1, 0.15) is 6.54 Å². The van der Waals surface area contributed by atoms with Crippen LogP contribution in [0.5, 0.6) is 0 Å². The smallest absolute Gasteiger partial charge is 0.259 e. The molecule has 0 radical (unpaired) electrons. The summed E-state index contributed by atoms with van der Waals surface area (Å²) in [6.45, 7) is 7.95. The Hall–Kier alpha value is -1.83. The molecule has 2 fully saturated rings. The molecule has 144 valence electrons. The number of rotatable bonds is 5. The molecule has 0 spiro atoms.